The Morgan fingerprint density at radius 2 is 2.19 bits per heavy atom. The third-order valence-electron chi connectivity index (χ3n) is 3.09. The lowest BCUT2D eigenvalue weighted by Crippen LogP contribution is -2.34. The lowest BCUT2D eigenvalue weighted by Gasteiger charge is -2.16. The molecule has 5 heteroatoms. The van der Waals surface area contributed by atoms with Crippen LogP contribution < -0.4 is 10.6 Å². The van der Waals surface area contributed by atoms with Crippen LogP contribution in [0.2, 0.25) is 5.02 Å². The zero-order valence-electron chi connectivity index (χ0n) is 12.2. The first kappa shape index (κ1) is 15.9. The van der Waals surface area contributed by atoms with Gasteiger partial charge in [-0.25, -0.2) is 0 Å². The molecule has 112 valence electrons. The van der Waals surface area contributed by atoms with Gasteiger partial charge in [-0.15, -0.1) is 0 Å². The Hall–Kier alpha value is -1.52. The predicted octanol–water partition coefficient (Wildman–Crippen LogP) is 4.19. The van der Waals surface area contributed by atoms with E-state index in [0.29, 0.717) is 10.6 Å². The molecule has 0 aliphatic heterocycles. The van der Waals surface area contributed by atoms with E-state index in [1.807, 2.05) is 25.3 Å². The molecular weight excluding hydrogens is 304 g/mol. The highest BCUT2D eigenvalue weighted by Crippen LogP contribution is 2.21. The first-order valence-electron chi connectivity index (χ1n) is 6.95. The summed E-state index contributed by atoms with van der Waals surface area (Å²) < 4.78 is 0. The summed E-state index contributed by atoms with van der Waals surface area (Å²) >= 11 is 7.67. The zero-order valence-corrected chi connectivity index (χ0v) is 13.7. The quantitative estimate of drug-likeness (QED) is 0.837. The van der Waals surface area contributed by atoms with Crippen LogP contribution in [0.5, 0.6) is 0 Å². The first-order valence-corrected chi connectivity index (χ1v) is 8.27. The minimum Gasteiger partial charge on any atom is -0.385 e. The molecule has 0 spiro atoms. The molecule has 1 heterocycles. The number of halogens is 1. The molecule has 1 unspecified atom stereocenters. The maximum atomic E-state index is 12.4. The van der Waals surface area contributed by atoms with Gasteiger partial charge in [0.15, 0.2) is 0 Å². The minimum atomic E-state index is -0.101. The number of benzene rings is 1. The second-order valence-electron chi connectivity index (χ2n) is 4.93. The summed E-state index contributed by atoms with van der Waals surface area (Å²) in [6, 6.07) is 7.47. The van der Waals surface area contributed by atoms with Crippen LogP contribution in [-0.2, 0) is 6.42 Å². The van der Waals surface area contributed by atoms with E-state index in [2.05, 4.69) is 22.1 Å². The van der Waals surface area contributed by atoms with E-state index in [9.17, 15) is 4.79 Å². The van der Waals surface area contributed by atoms with E-state index in [4.69, 9.17) is 11.6 Å². The zero-order chi connectivity index (χ0) is 15.2. The van der Waals surface area contributed by atoms with Gasteiger partial charge in [-0.1, -0.05) is 11.6 Å². The lowest BCUT2D eigenvalue weighted by atomic mass is 10.1. The van der Waals surface area contributed by atoms with E-state index in [0.717, 1.165) is 18.7 Å². The van der Waals surface area contributed by atoms with Crippen LogP contribution in [0.15, 0.2) is 35.0 Å². The van der Waals surface area contributed by atoms with Gasteiger partial charge in [0.1, 0.15) is 0 Å². The third kappa shape index (κ3) is 4.48. The third-order valence-corrected chi connectivity index (χ3v) is 4.06. The Morgan fingerprint density at radius 1 is 1.38 bits per heavy atom. The summed E-state index contributed by atoms with van der Waals surface area (Å²) in [4.78, 5) is 12.4. The normalized spacial score (nSPS) is 12.0. The van der Waals surface area contributed by atoms with Crippen LogP contribution >= 0.6 is 22.9 Å². The number of carbonyl (C=O) groups excluding carboxylic acids is 1. The summed E-state index contributed by atoms with van der Waals surface area (Å²) in [5.74, 6) is -0.101. The topological polar surface area (TPSA) is 41.1 Å². The lowest BCUT2D eigenvalue weighted by molar-refractivity contribution is 0.0941. The maximum Gasteiger partial charge on any atom is 0.253 e. The number of hydrogen-bond donors (Lipinski definition) is 2. The molecule has 2 aromatic rings. The average Bonchev–Trinajstić information content (AvgIpc) is 2.93. The van der Waals surface area contributed by atoms with Crippen molar-refractivity contribution in [2.75, 3.05) is 11.9 Å². The molecule has 0 bridgehead atoms. The molecule has 1 aromatic carbocycles. The second-order valence-corrected chi connectivity index (χ2v) is 6.15. The first-order chi connectivity index (χ1) is 10.1. The Kier molecular flexibility index (Phi) is 5.65. The summed E-state index contributed by atoms with van der Waals surface area (Å²) in [7, 11) is 0. The van der Waals surface area contributed by atoms with Crippen LogP contribution in [0.25, 0.3) is 0 Å². The fraction of sp³-hybridized carbons (Fsp3) is 0.312. The van der Waals surface area contributed by atoms with Gasteiger partial charge in [-0.3, -0.25) is 4.79 Å². The molecule has 0 saturated heterocycles. The van der Waals surface area contributed by atoms with Gasteiger partial charge in [0, 0.05) is 23.3 Å². The average molecular weight is 323 g/mol. The van der Waals surface area contributed by atoms with E-state index < -0.39 is 0 Å². The Morgan fingerprint density at radius 3 is 2.86 bits per heavy atom. The monoisotopic (exact) mass is 322 g/mol. The van der Waals surface area contributed by atoms with Crippen molar-refractivity contribution >= 4 is 34.5 Å². The van der Waals surface area contributed by atoms with Crippen molar-refractivity contribution in [3.05, 3.63) is 51.2 Å². The van der Waals surface area contributed by atoms with Crippen molar-refractivity contribution in [3.8, 4) is 0 Å². The molecule has 2 N–H and O–H groups in total. The summed E-state index contributed by atoms with van der Waals surface area (Å²) in [6.07, 6.45) is 0.826. The molecular formula is C16H19ClN2OS. The maximum absolute atomic E-state index is 12.4. The van der Waals surface area contributed by atoms with Crippen LogP contribution in [0.3, 0.4) is 0 Å². The highest BCUT2D eigenvalue weighted by molar-refractivity contribution is 7.07. The van der Waals surface area contributed by atoms with Crippen molar-refractivity contribution in [2.24, 2.45) is 0 Å². The fourth-order valence-corrected chi connectivity index (χ4v) is 3.02. The minimum absolute atomic E-state index is 0.0700. The van der Waals surface area contributed by atoms with E-state index in [1.54, 1.807) is 23.5 Å². The summed E-state index contributed by atoms with van der Waals surface area (Å²) in [5.41, 5.74) is 2.63. The Labute approximate surface area is 134 Å². The van der Waals surface area contributed by atoms with Gasteiger partial charge in [0.05, 0.1) is 5.56 Å². The molecule has 1 amide bonds. The predicted molar refractivity (Wildman–Crippen MR) is 90.6 cm³/mol. The van der Waals surface area contributed by atoms with Crippen LogP contribution in [0, 0.1) is 0 Å². The number of thiophene rings is 1. The number of rotatable bonds is 6. The molecule has 0 saturated carbocycles. The highest BCUT2D eigenvalue weighted by atomic mass is 35.5. The van der Waals surface area contributed by atoms with Gasteiger partial charge in [0.2, 0.25) is 0 Å². The standard InChI is InChI=1S/C16H19ClN2OS/c1-3-18-15-5-4-13(17)9-14(15)16(20)19-11(2)8-12-6-7-21-10-12/h4-7,9-11,18H,3,8H2,1-2H3,(H,19,20). The van der Waals surface area contributed by atoms with E-state index in [-0.39, 0.29) is 11.9 Å². The van der Waals surface area contributed by atoms with Crippen LogP contribution in [-0.4, -0.2) is 18.5 Å². The smallest absolute Gasteiger partial charge is 0.253 e. The molecule has 3 nitrogen and oxygen atoms in total. The molecule has 0 aliphatic rings. The van der Waals surface area contributed by atoms with Crippen molar-refractivity contribution < 1.29 is 4.79 Å². The van der Waals surface area contributed by atoms with Crippen molar-refractivity contribution in [1.29, 1.82) is 0 Å². The van der Waals surface area contributed by atoms with Crippen molar-refractivity contribution in [2.45, 2.75) is 26.3 Å². The fourth-order valence-electron chi connectivity index (χ4n) is 2.16. The van der Waals surface area contributed by atoms with Crippen LogP contribution in [0.4, 0.5) is 5.69 Å². The SMILES string of the molecule is CCNc1ccc(Cl)cc1C(=O)NC(C)Cc1ccsc1. The van der Waals surface area contributed by atoms with Gasteiger partial charge in [-0.2, -0.15) is 11.3 Å². The number of nitrogens with one attached hydrogen (secondary N) is 2. The molecule has 0 aliphatic carbocycles. The molecule has 0 radical (unpaired) electrons. The van der Waals surface area contributed by atoms with Crippen LogP contribution in [0.1, 0.15) is 29.8 Å². The molecule has 1 atom stereocenters. The molecule has 21 heavy (non-hydrogen) atoms. The van der Waals surface area contributed by atoms with Gasteiger partial charge in [0.25, 0.3) is 5.91 Å². The largest absolute Gasteiger partial charge is 0.385 e. The number of hydrogen-bond acceptors (Lipinski definition) is 3. The number of anilines is 1. The summed E-state index contributed by atoms with van der Waals surface area (Å²) in [6.45, 7) is 4.76. The Balaban J connectivity index is 2.07. The van der Waals surface area contributed by atoms with Gasteiger partial charge < -0.3 is 10.6 Å². The van der Waals surface area contributed by atoms with Crippen molar-refractivity contribution in [1.82, 2.24) is 5.32 Å². The highest BCUT2D eigenvalue weighted by Gasteiger charge is 2.14. The van der Waals surface area contributed by atoms with E-state index >= 15 is 0 Å². The molecule has 0 fully saturated rings. The number of amides is 1. The number of carbonyl (C=O) groups is 1. The second kappa shape index (κ2) is 7.48. The van der Waals surface area contributed by atoms with Gasteiger partial charge in [-0.05, 0) is 60.9 Å². The van der Waals surface area contributed by atoms with Crippen molar-refractivity contribution in [3.63, 3.8) is 0 Å². The molecule has 2 rings (SSSR count). The molecule has 1 aromatic heterocycles. The summed E-state index contributed by atoms with van der Waals surface area (Å²) in [5, 5.41) is 10.9. The Bertz CT molecular complexity index is 598. The van der Waals surface area contributed by atoms with E-state index in [1.165, 1.54) is 5.56 Å². The van der Waals surface area contributed by atoms with Gasteiger partial charge >= 0.3 is 0 Å².